The van der Waals surface area contributed by atoms with Crippen molar-refractivity contribution >= 4 is 22.0 Å². The first kappa shape index (κ1) is 14.5. The van der Waals surface area contributed by atoms with Crippen molar-refractivity contribution in [2.24, 2.45) is 0 Å². The molecule has 0 saturated carbocycles. The smallest absolute Gasteiger partial charge is 0.324 e. The molecule has 0 aliphatic heterocycles. The maximum absolute atomic E-state index is 10.6. The van der Waals surface area contributed by atoms with Crippen molar-refractivity contribution in [1.29, 1.82) is 0 Å². The molecular weight excluding hydrogens is 274 g/mol. The molecule has 0 radical (unpaired) electrons. The summed E-state index contributed by atoms with van der Waals surface area (Å²) >= 11 is 1.20. The Bertz CT molecular complexity index is 578. The van der Waals surface area contributed by atoms with Gasteiger partial charge < -0.3 is 10.2 Å². The predicted octanol–water partition coefficient (Wildman–Crippen LogP) is 3.33. The average Bonchev–Trinajstić information content (AvgIpc) is 2.86. The van der Waals surface area contributed by atoms with E-state index in [-0.39, 0.29) is 9.92 Å². The molecule has 0 aliphatic carbocycles. The Kier molecular flexibility index (Phi) is 4.70. The summed E-state index contributed by atoms with van der Waals surface area (Å²) in [5, 5.41) is 14.1. The first-order valence-corrected chi connectivity index (χ1v) is 7.07. The maximum Gasteiger partial charge on any atom is 0.324 e. The Morgan fingerprint density at radius 3 is 2.45 bits per heavy atom. The van der Waals surface area contributed by atoms with Gasteiger partial charge in [-0.1, -0.05) is 23.5 Å². The Morgan fingerprint density at radius 1 is 1.20 bits per heavy atom. The van der Waals surface area contributed by atoms with Crippen molar-refractivity contribution in [3.63, 3.8) is 0 Å². The van der Waals surface area contributed by atoms with Gasteiger partial charge in [-0.15, -0.1) is 0 Å². The van der Waals surface area contributed by atoms with Crippen molar-refractivity contribution in [2.75, 3.05) is 19.4 Å². The highest BCUT2D eigenvalue weighted by molar-refractivity contribution is 7.15. The molecule has 20 heavy (non-hydrogen) atoms. The molecular formula is C14H17N3O2S. The number of nitro groups is 1. The molecule has 1 aromatic heterocycles. The van der Waals surface area contributed by atoms with Crippen molar-refractivity contribution in [2.45, 2.75) is 13.1 Å². The number of benzene rings is 1. The Morgan fingerprint density at radius 2 is 1.90 bits per heavy atom. The fraction of sp³-hybridized carbons (Fsp3) is 0.286. The molecule has 0 bridgehead atoms. The first-order chi connectivity index (χ1) is 9.54. The SMILES string of the molecule is CN(C)Cc1ccc(NCc2ccc([N+](=O)[O-])s2)cc1. The molecule has 5 nitrogen and oxygen atoms in total. The highest BCUT2D eigenvalue weighted by Crippen LogP contribution is 2.24. The summed E-state index contributed by atoms with van der Waals surface area (Å²) in [5.41, 5.74) is 2.27. The molecule has 1 heterocycles. The average molecular weight is 291 g/mol. The van der Waals surface area contributed by atoms with E-state index in [1.165, 1.54) is 16.9 Å². The number of hydrogen-bond acceptors (Lipinski definition) is 5. The topological polar surface area (TPSA) is 58.4 Å². The van der Waals surface area contributed by atoms with Crippen molar-refractivity contribution in [1.82, 2.24) is 4.90 Å². The van der Waals surface area contributed by atoms with Gasteiger partial charge in [0.25, 0.3) is 0 Å². The highest BCUT2D eigenvalue weighted by atomic mass is 32.1. The number of thiophene rings is 1. The molecule has 2 rings (SSSR count). The van der Waals surface area contributed by atoms with Gasteiger partial charge in [0.05, 0.1) is 4.92 Å². The van der Waals surface area contributed by atoms with Gasteiger partial charge in [-0.3, -0.25) is 10.1 Å². The van der Waals surface area contributed by atoms with Crippen LogP contribution in [0.3, 0.4) is 0 Å². The van der Waals surface area contributed by atoms with Crippen molar-refractivity contribution in [3.05, 3.63) is 57.0 Å². The largest absolute Gasteiger partial charge is 0.380 e. The number of hydrogen-bond donors (Lipinski definition) is 1. The second-order valence-corrected chi connectivity index (χ2v) is 5.93. The Labute approximate surface area is 122 Å². The third-order valence-electron chi connectivity index (χ3n) is 2.75. The summed E-state index contributed by atoms with van der Waals surface area (Å²) < 4.78 is 0. The van der Waals surface area contributed by atoms with Crippen LogP contribution in [0.5, 0.6) is 0 Å². The van der Waals surface area contributed by atoms with Gasteiger partial charge in [-0.2, -0.15) is 0 Å². The molecule has 0 spiro atoms. The minimum atomic E-state index is -0.357. The summed E-state index contributed by atoms with van der Waals surface area (Å²) in [7, 11) is 4.08. The second-order valence-electron chi connectivity index (χ2n) is 4.79. The van der Waals surface area contributed by atoms with Gasteiger partial charge >= 0.3 is 5.00 Å². The van der Waals surface area contributed by atoms with Gasteiger partial charge in [0, 0.05) is 29.7 Å². The lowest BCUT2D eigenvalue weighted by Crippen LogP contribution is -2.10. The molecule has 1 aromatic carbocycles. The maximum atomic E-state index is 10.6. The van der Waals surface area contributed by atoms with Gasteiger partial charge in [0.1, 0.15) is 0 Å². The molecule has 0 amide bonds. The molecule has 0 atom stereocenters. The van der Waals surface area contributed by atoms with Crippen LogP contribution in [-0.4, -0.2) is 23.9 Å². The monoisotopic (exact) mass is 291 g/mol. The lowest BCUT2D eigenvalue weighted by atomic mass is 10.2. The Balaban J connectivity index is 1.91. The summed E-state index contributed by atoms with van der Waals surface area (Å²) in [4.78, 5) is 13.3. The van der Waals surface area contributed by atoms with E-state index < -0.39 is 0 Å². The normalized spacial score (nSPS) is 10.8. The molecule has 0 saturated heterocycles. The van der Waals surface area contributed by atoms with Gasteiger partial charge in [-0.05, 0) is 37.9 Å². The van der Waals surface area contributed by atoms with Crippen molar-refractivity contribution in [3.8, 4) is 0 Å². The minimum Gasteiger partial charge on any atom is -0.380 e. The third-order valence-corrected chi connectivity index (χ3v) is 3.78. The number of rotatable bonds is 6. The quantitative estimate of drug-likeness (QED) is 0.655. The number of nitrogens with one attached hydrogen (secondary N) is 1. The number of anilines is 1. The zero-order valence-electron chi connectivity index (χ0n) is 11.5. The van der Waals surface area contributed by atoms with E-state index in [1.807, 2.05) is 26.2 Å². The van der Waals surface area contributed by atoms with Gasteiger partial charge in [-0.25, -0.2) is 0 Å². The molecule has 0 aliphatic rings. The third kappa shape index (κ3) is 4.04. The predicted molar refractivity (Wildman–Crippen MR) is 82.1 cm³/mol. The van der Waals surface area contributed by atoms with E-state index in [0.29, 0.717) is 6.54 Å². The zero-order chi connectivity index (χ0) is 14.5. The van der Waals surface area contributed by atoms with Gasteiger partial charge in [0.15, 0.2) is 0 Å². The summed E-state index contributed by atoms with van der Waals surface area (Å²) in [5.74, 6) is 0. The Hall–Kier alpha value is -1.92. The van der Waals surface area contributed by atoms with Gasteiger partial charge in [0.2, 0.25) is 0 Å². The highest BCUT2D eigenvalue weighted by Gasteiger charge is 2.09. The lowest BCUT2D eigenvalue weighted by molar-refractivity contribution is -0.380. The van der Waals surface area contributed by atoms with E-state index in [2.05, 4.69) is 22.3 Å². The fourth-order valence-corrected chi connectivity index (χ4v) is 2.60. The van der Waals surface area contributed by atoms with Crippen LogP contribution >= 0.6 is 11.3 Å². The van der Waals surface area contributed by atoms with E-state index in [0.717, 1.165) is 17.1 Å². The van der Waals surface area contributed by atoms with E-state index in [4.69, 9.17) is 0 Å². The molecule has 1 N–H and O–H groups in total. The van der Waals surface area contributed by atoms with Crippen LogP contribution in [-0.2, 0) is 13.1 Å². The van der Waals surface area contributed by atoms with Crippen LogP contribution in [0.25, 0.3) is 0 Å². The van der Waals surface area contributed by atoms with Crippen LogP contribution in [0, 0.1) is 10.1 Å². The summed E-state index contributed by atoms with van der Waals surface area (Å²) in [6.45, 7) is 1.52. The zero-order valence-corrected chi connectivity index (χ0v) is 12.3. The molecule has 2 aromatic rings. The van der Waals surface area contributed by atoms with Crippen LogP contribution < -0.4 is 5.32 Å². The van der Waals surface area contributed by atoms with Crippen LogP contribution in [0.4, 0.5) is 10.7 Å². The van der Waals surface area contributed by atoms with E-state index in [9.17, 15) is 10.1 Å². The van der Waals surface area contributed by atoms with E-state index in [1.54, 1.807) is 12.1 Å². The minimum absolute atomic E-state index is 0.183. The summed E-state index contributed by atoms with van der Waals surface area (Å²) in [6.07, 6.45) is 0. The number of nitrogens with zero attached hydrogens (tertiary/aromatic N) is 2. The first-order valence-electron chi connectivity index (χ1n) is 6.25. The fourth-order valence-electron chi connectivity index (χ4n) is 1.84. The summed E-state index contributed by atoms with van der Waals surface area (Å²) in [6, 6.07) is 11.6. The molecule has 6 heteroatoms. The van der Waals surface area contributed by atoms with Crippen LogP contribution in [0.15, 0.2) is 36.4 Å². The molecule has 106 valence electrons. The molecule has 0 unspecified atom stereocenters. The lowest BCUT2D eigenvalue weighted by Gasteiger charge is -2.10. The van der Waals surface area contributed by atoms with Crippen LogP contribution in [0.1, 0.15) is 10.4 Å². The van der Waals surface area contributed by atoms with Crippen molar-refractivity contribution < 1.29 is 4.92 Å². The standard InChI is InChI=1S/C14H17N3O2S/c1-16(2)10-11-3-5-12(6-4-11)15-9-13-7-8-14(20-13)17(18)19/h3-8,15H,9-10H2,1-2H3. The van der Waals surface area contributed by atoms with Crippen LogP contribution in [0.2, 0.25) is 0 Å². The second kappa shape index (κ2) is 6.49. The molecule has 0 fully saturated rings. The van der Waals surface area contributed by atoms with E-state index >= 15 is 0 Å².